The van der Waals surface area contributed by atoms with E-state index >= 15 is 0 Å². The Morgan fingerprint density at radius 3 is 2.71 bits per heavy atom. The number of aliphatic hydroxyl groups excluding tert-OH is 1. The summed E-state index contributed by atoms with van der Waals surface area (Å²) >= 11 is 0. The lowest BCUT2D eigenvalue weighted by molar-refractivity contribution is 0.0878. The van der Waals surface area contributed by atoms with Crippen LogP contribution in [-0.2, 0) is 0 Å². The highest BCUT2D eigenvalue weighted by Crippen LogP contribution is 2.24. The third-order valence-corrected chi connectivity index (χ3v) is 3.29. The third-order valence-electron chi connectivity index (χ3n) is 3.29. The van der Waals surface area contributed by atoms with Gasteiger partial charge in [-0.1, -0.05) is 48.2 Å². The first-order chi connectivity index (χ1) is 10.3. The minimum atomic E-state index is -0.676. The molecule has 0 aliphatic carbocycles. The molecule has 2 aromatic carbocycles. The number of aromatic nitrogens is 3. The van der Waals surface area contributed by atoms with Crippen LogP contribution in [0, 0.1) is 0 Å². The van der Waals surface area contributed by atoms with E-state index in [1.807, 2.05) is 55.5 Å². The van der Waals surface area contributed by atoms with Gasteiger partial charge in [0.15, 0.2) is 0 Å². The maximum atomic E-state index is 10.5. The molecule has 1 aromatic heterocycles. The molecule has 3 rings (SSSR count). The molecule has 1 heterocycles. The van der Waals surface area contributed by atoms with Gasteiger partial charge in [-0.15, -0.1) is 5.10 Å². The Morgan fingerprint density at radius 1 is 1.14 bits per heavy atom. The SMILES string of the molecule is CCCOn1nnc2ccc(C(O)c3ccccc3)cc21. The number of aliphatic hydroxyl groups is 1. The summed E-state index contributed by atoms with van der Waals surface area (Å²) in [6.45, 7) is 2.60. The standard InChI is InChI=1S/C16H17N3O2/c1-2-10-21-19-15-11-13(8-9-14(15)17-18-19)16(20)12-6-4-3-5-7-12/h3-9,11,16,20H,2,10H2,1H3. The Morgan fingerprint density at radius 2 is 1.95 bits per heavy atom. The van der Waals surface area contributed by atoms with Crippen molar-refractivity contribution < 1.29 is 9.94 Å². The van der Waals surface area contributed by atoms with Crippen molar-refractivity contribution >= 4 is 11.0 Å². The molecule has 0 saturated heterocycles. The second-order valence-electron chi connectivity index (χ2n) is 4.86. The first-order valence-corrected chi connectivity index (χ1v) is 7.01. The van der Waals surface area contributed by atoms with Crippen LogP contribution in [0.25, 0.3) is 11.0 Å². The van der Waals surface area contributed by atoms with Gasteiger partial charge < -0.3 is 9.94 Å². The van der Waals surface area contributed by atoms with Crippen molar-refractivity contribution in [3.05, 3.63) is 59.7 Å². The van der Waals surface area contributed by atoms with Gasteiger partial charge in [-0.25, -0.2) is 0 Å². The fourth-order valence-corrected chi connectivity index (χ4v) is 2.19. The van der Waals surface area contributed by atoms with Crippen molar-refractivity contribution in [2.75, 3.05) is 6.61 Å². The van der Waals surface area contributed by atoms with Crippen LogP contribution in [0.4, 0.5) is 0 Å². The fraction of sp³-hybridized carbons (Fsp3) is 0.250. The number of hydrogen-bond acceptors (Lipinski definition) is 4. The molecular formula is C16H17N3O2. The average Bonchev–Trinajstić information content (AvgIpc) is 2.95. The Labute approximate surface area is 122 Å². The van der Waals surface area contributed by atoms with E-state index in [4.69, 9.17) is 4.84 Å². The summed E-state index contributed by atoms with van der Waals surface area (Å²) in [5.41, 5.74) is 3.15. The van der Waals surface area contributed by atoms with Gasteiger partial charge in [0.1, 0.15) is 23.7 Å². The molecule has 0 amide bonds. The lowest BCUT2D eigenvalue weighted by Crippen LogP contribution is -2.13. The summed E-state index contributed by atoms with van der Waals surface area (Å²) < 4.78 is 0. The summed E-state index contributed by atoms with van der Waals surface area (Å²) in [5, 5.41) is 18.5. The second-order valence-corrected chi connectivity index (χ2v) is 4.86. The molecule has 1 atom stereocenters. The first kappa shape index (κ1) is 13.6. The highest BCUT2D eigenvalue weighted by molar-refractivity contribution is 5.75. The molecule has 0 saturated carbocycles. The molecule has 5 nitrogen and oxygen atoms in total. The lowest BCUT2D eigenvalue weighted by atomic mass is 10.0. The molecule has 108 valence electrons. The summed E-state index contributed by atoms with van der Waals surface area (Å²) in [7, 11) is 0. The largest absolute Gasteiger partial charge is 0.395 e. The van der Waals surface area contributed by atoms with Gasteiger partial charge >= 0.3 is 0 Å². The van der Waals surface area contributed by atoms with E-state index in [1.165, 1.54) is 4.85 Å². The van der Waals surface area contributed by atoms with Gasteiger partial charge in [-0.05, 0) is 34.9 Å². The highest BCUT2D eigenvalue weighted by Gasteiger charge is 2.13. The molecule has 0 aliphatic heterocycles. The van der Waals surface area contributed by atoms with Crippen molar-refractivity contribution in [2.45, 2.75) is 19.4 Å². The van der Waals surface area contributed by atoms with Gasteiger partial charge in [0.25, 0.3) is 0 Å². The molecule has 0 fully saturated rings. The first-order valence-electron chi connectivity index (χ1n) is 7.01. The molecule has 0 radical (unpaired) electrons. The Hall–Kier alpha value is -2.40. The highest BCUT2D eigenvalue weighted by atomic mass is 16.7. The molecule has 21 heavy (non-hydrogen) atoms. The number of benzene rings is 2. The van der Waals surface area contributed by atoms with E-state index in [-0.39, 0.29) is 0 Å². The zero-order valence-electron chi connectivity index (χ0n) is 11.8. The quantitative estimate of drug-likeness (QED) is 0.781. The Kier molecular flexibility index (Phi) is 3.83. The molecule has 5 heteroatoms. The maximum Gasteiger partial charge on any atom is 0.131 e. The molecule has 3 aromatic rings. The van der Waals surface area contributed by atoms with E-state index < -0.39 is 6.10 Å². The molecule has 1 N–H and O–H groups in total. The van der Waals surface area contributed by atoms with Gasteiger partial charge in [-0.2, -0.15) is 0 Å². The van der Waals surface area contributed by atoms with E-state index in [2.05, 4.69) is 10.3 Å². The van der Waals surface area contributed by atoms with Crippen LogP contribution in [0.2, 0.25) is 0 Å². The summed E-state index contributed by atoms with van der Waals surface area (Å²) in [5.74, 6) is 0. The lowest BCUT2D eigenvalue weighted by Gasteiger charge is -2.11. The topological polar surface area (TPSA) is 60.2 Å². The normalized spacial score (nSPS) is 12.5. The Bertz CT molecular complexity index is 725. The van der Waals surface area contributed by atoms with Crippen molar-refractivity contribution in [3.8, 4) is 0 Å². The molecule has 0 bridgehead atoms. The average molecular weight is 283 g/mol. The summed E-state index contributed by atoms with van der Waals surface area (Å²) in [6, 6.07) is 15.1. The van der Waals surface area contributed by atoms with Gasteiger partial charge in [0.2, 0.25) is 0 Å². The van der Waals surface area contributed by atoms with Crippen LogP contribution in [-0.4, -0.2) is 26.9 Å². The number of hydrogen-bond donors (Lipinski definition) is 1. The zero-order chi connectivity index (χ0) is 14.7. The van der Waals surface area contributed by atoms with E-state index in [1.54, 1.807) is 0 Å². The van der Waals surface area contributed by atoms with Crippen molar-refractivity contribution in [1.29, 1.82) is 0 Å². The fourth-order valence-electron chi connectivity index (χ4n) is 2.19. The zero-order valence-corrected chi connectivity index (χ0v) is 11.8. The van der Waals surface area contributed by atoms with E-state index in [0.717, 1.165) is 28.6 Å². The maximum absolute atomic E-state index is 10.5. The predicted molar refractivity (Wildman–Crippen MR) is 79.8 cm³/mol. The van der Waals surface area contributed by atoms with Gasteiger partial charge in [0, 0.05) is 0 Å². The minimum Gasteiger partial charge on any atom is -0.395 e. The van der Waals surface area contributed by atoms with E-state index in [0.29, 0.717) is 6.61 Å². The number of fused-ring (bicyclic) bond motifs is 1. The predicted octanol–water partition coefficient (Wildman–Crippen LogP) is 2.35. The van der Waals surface area contributed by atoms with Crippen LogP contribution in [0.15, 0.2) is 48.5 Å². The number of nitrogens with zero attached hydrogens (tertiary/aromatic N) is 3. The Balaban J connectivity index is 1.96. The minimum absolute atomic E-state index is 0.573. The van der Waals surface area contributed by atoms with Crippen LogP contribution in [0.1, 0.15) is 30.6 Å². The van der Waals surface area contributed by atoms with Crippen LogP contribution in [0.5, 0.6) is 0 Å². The summed E-state index contributed by atoms with van der Waals surface area (Å²) in [6.07, 6.45) is 0.221. The van der Waals surface area contributed by atoms with Gasteiger partial charge in [-0.3, -0.25) is 0 Å². The molecular weight excluding hydrogens is 266 g/mol. The van der Waals surface area contributed by atoms with E-state index in [9.17, 15) is 5.11 Å². The smallest absolute Gasteiger partial charge is 0.131 e. The van der Waals surface area contributed by atoms with Crippen molar-refractivity contribution in [2.24, 2.45) is 0 Å². The van der Waals surface area contributed by atoms with Crippen LogP contribution >= 0.6 is 0 Å². The third kappa shape index (κ3) is 2.73. The van der Waals surface area contributed by atoms with Crippen molar-refractivity contribution in [3.63, 3.8) is 0 Å². The number of rotatable bonds is 5. The molecule has 0 spiro atoms. The molecule has 0 aliphatic rings. The van der Waals surface area contributed by atoms with Gasteiger partial charge in [0.05, 0.1) is 0 Å². The summed E-state index contributed by atoms with van der Waals surface area (Å²) in [4.78, 5) is 6.93. The molecule has 1 unspecified atom stereocenters. The van der Waals surface area contributed by atoms with Crippen LogP contribution < -0.4 is 4.84 Å². The monoisotopic (exact) mass is 283 g/mol. The van der Waals surface area contributed by atoms with Crippen molar-refractivity contribution in [1.82, 2.24) is 15.2 Å². The van der Waals surface area contributed by atoms with Crippen LogP contribution in [0.3, 0.4) is 0 Å². The second kappa shape index (κ2) is 5.93.